The highest BCUT2D eigenvalue weighted by Gasteiger charge is 2.29. The van der Waals surface area contributed by atoms with Crippen molar-refractivity contribution in [2.75, 3.05) is 0 Å². The molecule has 0 saturated heterocycles. The van der Waals surface area contributed by atoms with E-state index in [1.54, 1.807) is 0 Å². The molecule has 1 rings (SSSR count). The zero-order chi connectivity index (χ0) is 13.2. The molecule has 1 aromatic rings. The van der Waals surface area contributed by atoms with Crippen LogP contribution in [0.25, 0.3) is 0 Å². The van der Waals surface area contributed by atoms with E-state index in [1.165, 1.54) is 24.3 Å². The first-order valence-electron chi connectivity index (χ1n) is 4.45. The fraction of sp³-hybridized carbons (Fsp3) is 0.111. The summed E-state index contributed by atoms with van der Waals surface area (Å²) < 4.78 is 34.6. The molecule has 0 aliphatic heterocycles. The first-order valence-corrected chi connectivity index (χ1v) is 5.90. The number of amidine groups is 2. The second kappa shape index (κ2) is 4.50. The van der Waals surface area contributed by atoms with Gasteiger partial charge < -0.3 is 11.5 Å². The molecule has 0 amide bonds. The summed E-state index contributed by atoms with van der Waals surface area (Å²) in [5.41, 5.74) is 10.6. The molecule has 6 N–H and O–H groups in total. The van der Waals surface area contributed by atoms with Crippen LogP contribution in [-0.4, -0.2) is 20.1 Å². The Labute approximate surface area is 97.7 Å². The van der Waals surface area contributed by atoms with E-state index in [0.717, 1.165) is 0 Å². The van der Waals surface area contributed by atoms with E-state index in [4.69, 9.17) is 22.3 Å². The minimum atomic E-state index is -4.98. The fourth-order valence-corrected chi connectivity index (χ4v) is 2.12. The van der Waals surface area contributed by atoms with E-state index in [0.29, 0.717) is 5.56 Å². The molecule has 0 heterocycles. The summed E-state index contributed by atoms with van der Waals surface area (Å²) in [5, 5.41) is 12.4. The monoisotopic (exact) mass is 258 g/mol. The van der Waals surface area contributed by atoms with Gasteiger partial charge >= 0.3 is 10.2 Å². The van der Waals surface area contributed by atoms with Gasteiger partial charge in [-0.1, -0.05) is 24.3 Å². The van der Waals surface area contributed by atoms with Gasteiger partial charge in [-0.3, -0.25) is 10.8 Å². The molecule has 0 fully saturated rings. The zero-order valence-corrected chi connectivity index (χ0v) is 9.46. The molecule has 0 aliphatic rings. The second-order valence-corrected chi connectivity index (χ2v) is 4.77. The summed E-state index contributed by atoms with van der Waals surface area (Å²) >= 11 is 0. The van der Waals surface area contributed by atoms with Gasteiger partial charge in [-0.05, 0) is 5.56 Å². The van der Waals surface area contributed by atoms with E-state index >= 15 is 0 Å². The Balaban J connectivity index is 3.22. The summed E-state index contributed by atoms with van der Waals surface area (Å²) in [7, 11) is -4.98. The SMILES string of the molecule is N=C(N)c1ccc(C(C(=N)N)S(=O)(=O)F)cc1. The van der Waals surface area contributed by atoms with Gasteiger partial charge in [0.1, 0.15) is 11.7 Å². The highest BCUT2D eigenvalue weighted by Crippen LogP contribution is 2.24. The van der Waals surface area contributed by atoms with Gasteiger partial charge in [-0.2, -0.15) is 8.42 Å². The highest BCUT2D eigenvalue weighted by molar-refractivity contribution is 7.87. The molecule has 1 aromatic carbocycles. The van der Waals surface area contributed by atoms with Gasteiger partial charge in [0.25, 0.3) is 0 Å². The Morgan fingerprint density at radius 3 is 1.94 bits per heavy atom. The highest BCUT2D eigenvalue weighted by atomic mass is 32.3. The third kappa shape index (κ3) is 3.00. The Bertz CT molecular complexity index is 553. The molecule has 0 spiro atoms. The van der Waals surface area contributed by atoms with Gasteiger partial charge in [-0.15, -0.1) is 3.89 Å². The van der Waals surface area contributed by atoms with Crippen LogP contribution >= 0.6 is 0 Å². The number of hydrogen-bond acceptors (Lipinski definition) is 4. The van der Waals surface area contributed by atoms with E-state index in [2.05, 4.69) is 0 Å². The summed E-state index contributed by atoms with van der Waals surface area (Å²) in [6.07, 6.45) is 0. The molecule has 17 heavy (non-hydrogen) atoms. The average molecular weight is 258 g/mol. The first-order chi connectivity index (χ1) is 7.73. The maximum absolute atomic E-state index is 12.9. The van der Waals surface area contributed by atoms with Crippen LogP contribution in [0, 0.1) is 10.8 Å². The second-order valence-electron chi connectivity index (χ2n) is 3.35. The van der Waals surface area contributed by atoms with Gasteiger partial charge in [0.15, 0.2) is 5.25 Å². The number of benzene rings is 1. The van der Waals surface area contributed by atoms with Crippen LogP contribution in [-0.2, 0) is 10.2 Å². The lowest BCUT2D eigenvalue weighted by Crippen LogP contribution is -2.25. The number of nitrogen functional groups attached to an aromatic ring is 1. The summed E-state index contributed by atoms with van der Waals surface area (Å²) in [4.78, 5) is 0. The van der Waals surface area contributed by atoms with Crippen molar-refractivity contribution in [3.05, 3.63) is 35.4 Å². The smallest absolute Gasteiger partial charge is 0.316 e. The predicted molar refractivity (Wildman–Crippen MR) is 62.1 cm³/mol. The van der Waals surface area contributed by atoms with Gasteiger partial charge in [0.2, 0.25) is 0 Å². The lowest BCUT2D eigenvalue weighted by atomic mass is 10.1. The third-order valence-corrected chi connectivity index (χ3v) is 3.18. The summed E-state index contributed by atoms with van der Waals surface area (Å²) in [5.74, 6) is -0.998. The Morgan fingerprint density at radius 1 is 1.18 bits per heavy atom. The van der Waals surface area contributed by atoms with E-state index in [9.17, 15) is 12.3 Å². The normalized spacial score (nSPS) is 13.0. The van der Waals surface area contributed by atoms with Crippen molar-refractivity contribution in [2.45, 2.75) is 5.25 Å². The number of nitrogens with one attached hydrogen (secondary N) is 2. The van der Waals surface area contributed by atoms with Crippen LogP contribution in [0.2, 0.25) is 0 Å². The Kier molecular flexibility index (Phi) is 3.47. The zero-order valence-electron chi connectivity index (χ0n) is 8.64. The predicted octanol–water partition coefficient (Wildman–Crippen LogP) is 0.247. The van der Waals surface area contributed by atoms with Crippen molar-refractivity contribution in [3.63, 3.8) is 0 Å². The molecule has 1 atom stereocenters. The molecule has 0 radical (unpaired) electrons. The van der Waals surface area contributed by atoms with E-state index < -0.39 is 21.3 Å². The summed E-state index contributed by atoms with van der Waals surface area (Å²) in [6.45, 7) is 0. The minimum absolute atomic E-state index is 0.0185. The number of rotatable bonds is 4. The molecule has 1 unspecified atom stereocenters. The molecule has 6 nitrogen and oxygen atoms in total. The number of halogens is 1. The Hall–Kier alpha value is -1.96. The Morgan fingerprint density at radius 2 is 1.65 bits per heavy atom. The van der Waals surface area contributed by atoms with E-state index in [1.807, 2.05) is 0 Å². The minimum Gasteiger partial charge on any atom is -0.386 e. The maximum Gasteiger partial charge on any atom is 0.316 e. The van der Waals surface area contributed by atoms with Gasteiger partial charge in [0.05, 0.1) is 0 Å². The van der Waals surface area contributed by atoms with Gasteiger partial charge in [0, 0.05) is 5.56 Å². The first kappa shape index (κ1) is 13.1. The molecule has 0 aliphatic carbocycles. The quantitative estimate of drug-likeness (QED) is 0.349. The van der Waals surface area contributed by atoms with Crippen molar-refractivity contribution in [1.29, 1.82) is 10.8 Å². The van der Waals surface area contributed by atoms with Crippen LogP contribution < -0.4 is 11.5 Å². The standard InChI is InChI=1S/C9H11FN4O2S/c10-17(15,16)7(9(13)14)5-1-3-6(4-2-5)8(11)12/h1-4,7H,(H3,11,12)(H3,13,14). The molecular weight excluding hydrogens is 247 g/mol. The van der Waals surface area contributed by atoms with Gasteiger partial charge in [-0.25, -0.2) is 0 Å². The van der Waals surface area contributed by atoms with Crippen molar-refractivity contribution < 1.29 is 12.3 Å². The van der Waals surface area contributed by atoms with Crippen molar-refractivity contribution in [2.24, 2.45) is 11.5 Å². The maximum atomic E-state index is 12.9. The lowest BCUT2D eigenvalue weighted by molar-refractivity contribution is 0.547. The van der Waals surface area contributed by atoms with Crippen LogP contribution in [0.1, 0.15) is 16.4 Å². The molecular formula is C9H11FN4O2S. The third-order valence-electron chi connectivity index (χ3n) is 2.09. The van der Waals surface area contributed by atoms with Crippen molar-refractivity contribution in [1.82, 2.24) is 0 Å². The molecule has 0 saturated carbocycles. The molecule has 0 bridgehead atoms. The lowest BCUT2D eigenvalue weighted by Gasteiger charge is -2.11. The van der Waals surface area contributed by atoms with Crippen LogP contribution in [0.5, 0.6) is 0 Å². The topological polar surface area (TPSA) is 134 Å². The molecule has 0 aromatic heterocycles. The van der Waals surface area contributed by atoms with E-state index in [-0.39, 0.29) is 11.4 Å². The van der Waals surface area contributed by atoms with Crippen molar-refractivity contribution >= 4 is 21.9 Å². The molecule has 92 valence electrons. The van der Waals surface area contributed by atoms with Crippen LogP contribution in [0.15, 0.2) is 24.3 Å². The largest absolute Gasteiger partial charge is 0.386 e. The fourth-order valence-electron chi connectivity index (χ4n) is 1.33. The van der Waals surface area contributed by atoms with Crippen LogP contribution in [0.4, 0.5) is 3.89 Å². The summed E-state index contributed by atoms with van der Waals surface area (Å²) in [6, 6.07) is 5.25. The van der Waals surface area contributed by atoms with Crippen molar-refractivity contribution in [3.8, 4) is 0 Å². The number of nitrogens with two attached hydrogens (primary N) is 2. The number of hydrogen-bond donors (Lipinski definition) is 4. The molecule has 8 heteroatoms. The average Bonchev–Trinajstić information content (AvgIpc) is 2.15. The van der Waals surface area contributed by atoms with Crippen LogP contribution in [0.3, 0.4) is 0 Å².